The Morgan fingerprint density at radius 3 is 2.88 bits per heavy atom. The molecular formula is C10H14N6O. The Balaban J connectivity index is 2.09. The third-order valence-corrected chi connectivity index (χ3v) is 2.43. The summed E-state index contributed by atoms with van der Waals surface area (Å²) < 4.78 is 1.55. The molecule has 2 aromatic heterocycles. The molecule has 0 aliphatic rings. The molecule has 2 N–H and O–H groups in total. The zero-order chi connectivity index (χ0) is 12.4. The summed E-state index contributed by atoms with van der Waals surface area (Å²) in [6.07, 6.45) is 1.41. The largest absolute Gasteiger partial charge is 0.341 e. The van der Waals surface area contributed by atoms with Crippen molar-refractivity contribution in [2.45, 2.75) is 19.9 Å². The Labute approximate surface area is 98.2 Å². The van der Waals surface area contributed by atoms with Gasteiger partial charge in [-0.15, -0.1) is 0 Å². The third kappa shape index (κ3) is 2.32. The molecule has 0 aliphatic carbocycles. The van der Waals surface area contributed by atoms with Crippen LogP contribution in [0.1, 0.15) is 35.0 Å². The van der Waals surface area contributed by atoms with Crippen LogP contribution in [0, 0.1) is 6.92 Å². The zero-order valence-electron chi connectivity index (χ0n) is 9.93. The van der Waals surface area contributed by atoms with Gasteiger partial charge in [-0.25, -0.2) is 4.98 Å². The highest BCUT2D eigenvalue weighted by Gasteiger charge is 2.16. The summed E-state index contributed by atoms with van der Waals surface area (Å²) in [6.45, 7) is 3.68. The van der Waals surface area contributed by atoms with E-state index >= 15 is 0 Å². The summed E-state index contributed by atoms with van der Waals surface area (Å²) >= 11 is 0. The average molecular weight is 234 g/mol. The molecule has 0 fully saturated rings. The minimum absolute atomic E-state index is 0.183. The molecular weight excluding hydrogens is 220 g/mol. The van der Waals surface area contributed by atoms with Crippen LogP contribution in [-0.4, -0.2) is 30.9 Å². The van der Waals surface area contributed by atoms with Gasteiger partial charge in [-0.2, -0.15) is 10.2 Å². The van der Waals surface area contributed by atoms with Crippen LogP contribution in [-0.2, 0) is 7.05 Å². The van der Waals surface area contributed by atoms with Crippen LogP contribution in [0.3, 0.4) is 0 Å². The van der Waals surface area contributed by atoms with Crippen LogP contribution in [0.5, 0.6) is 0 Å². The fourth-order valence-electron chi connectivity index (χ4n) is 1.59. The smallest absolute Gasteiger partial charge is 0.270 e. The van der Waals surface area contributed by atoms with E-state index in [1.165, 1.54) is 6.33 Å². The highest BCUT2D eigenvalue weighted by atomic mass is 16.2. The molecule has 0 radical (unpaired) electrons. The second-order valence-corrected chi connectivity index (χ2v) is 3.86. The number of carbonyl (C=O) groups is 1. The molecule has 1 amide bonds. The van der Waals surface area contributed by atoms with E-state index in [-0.39, 0.29) is 11.9 Å². The van der Waals surface area contributed by atoms with E-state index in [0.29, 0.717) is 11.5 Å². The lowest BCUT2D eigenvalue weighted by Crippen LogP contribution is -2.29. The van der Waals surface area contributed by atoms with Gasteiger partial charge >= 0.3 is 0 Å². The van der Waals surface area contributed by atoms with Gasteiger partial charge in [0, 0.05) is 7.05 Å². The summed E-state index contributed by atoms with van der Waals surface area (Å²) in [5.41, 5.74) is 1.33. The SMILES string of the molecule is Cc1cc(C(=O)NC(C)c2ncn[nH]2)n(C)n1. The molecule has 0 spiro atoms. The monoisotopic (exact) mass is 234 g/mol. The molecule has 0 saturated heterocycles. The number of aromatic nitrogens is 5. The van der Waals surface area contributed by atoms with Crippen molar-refractivity contribution in [1.82, 2.24) is 30.3 Å². The molecule has 17 heavy (non-hydrogen) atoms. The van der Waals surface area contributed by atoms with Gasteiger partial charge in [0.25, 0.3) is 5.91 Å². The van der Waals surface area contributed by atoms with Crippen molar-refractivity contribution in [3.8, 4) is 0 Å². The first-order chi connectivity index (χ1) is 8.08. The minimum atomic E-state index is -0.222. The molecule has 0 bridgehead atoms. The Morgan fingerprint density at radius 1 is 1.59 bits per heavy atom. The summed E-state index contributed by atoms with van der Waals surface area (Å²) in [7, 11) is 1.74. The Kier molecular flexibility index (Phi) is 2.90. The maximum Gasteiger partial charge on any atom is 0.270 e. The predicted octanol–water partition coefficient (Wildman–Crippen LogP) is 0.338. The van der Waals surface area contributed by atoms with Crippen molar-refractivity contribution >= 4 is 5.91 Å². The summed E-state index contributed by atoms with van der Waals surface area (Å²) in [4.78, 5) is 15.9. The van der Waals surface area contributed by atoms with Crippen LogP contribution >= 0.6 is 0 Å². The lowest BCUT2D eigenvalue weighted by Gasteiger charge is -2.10. The Morgan fingerprint density at radius 2 is 2.35 bits per heavy atom. The molecule has 2 rings (SSSR count). The van der Waals surface area contributed by atoms with Gasteiger partial charge in [0.2, 0.25) is 0 Å². The second kappa shape index (κ2) is 4.36. The lowest BCUT2D eigenvalue weighted by molar-refractivity contribution is 0.0929. The molecule has 1 atom stereocenters. The number of hydrogen-bond donors (Lipinski definition) is 2. The van der Waals surface area contributed by atoms with Gasteiger partial charge in [-0.05, 0) is 19.9 Å². The van der Waals surface area contributed by atoms with Gasteiger partial charge in [-0.3, -0.25) is 14.6 Å². The van der Waals surface area contributed by atoms with Gasteiger partial charge in [0.1, 0.15) is 17.8 Å². The number of rotatable bonds is 3. The average Bonchev–Trinajstić information content (AvgIpc) is 2.87. The number of nitrogens with one attached hydrogen (secondary N) is 2. The maximum atomic E-state index is 12.0. The number of nitrogens with zero attached hydrogens (tertiary/aromatic N) is 4. The summed E-state index contributed by atoms with van der Waals surface area (Å²) in [5.74, 6) is 0.439. The molecule has 7 heteroatoms. The van der Waals surface area contributed by atoms with Crippen molar-refractivity contribution in [1.29, 1.82) is 0 Å². The van der Waals surface area contributed by atoms with Crippen LogP contribution in [0.2, 0.25) is 0 Å². The first kappa shape index (κ1) is 11.3. The molecule has 2 heterocycles. The van der Waals surface area contributed by atoms with E-state index in [1.807, 2.05) is 13.8 Å². The highest BCUT2D eigenvalue weighted by Crippen LogP contribution is 2.07. The van der Waals surface area contributed by atoms with Gasteiger partial charge < -0.3 is 5.32 Å². The molecule has 90 valence electrons. The van der Waals surface area contributed by atoms with Crippen molar-refractivity contribution < 1.29 is 4.79 Å². The minimum Gasteiger partial charge on any atom is -0.341 e. The van der Waals surface area contributed by atoms with Gasteiger partial charge in [-0.1, -0.05) is 0 Å². The number of H-pyrrole nitrogens is 1. The van der Waals surface area contributed by atoms with Crippen molar-refractivity contribution in [3.63, 3.8) is 0 Å². The fourth-order valence-corrected chi connectivity index (χ4v) is 1.59. The molecule has 0 aliphatic heterocycles. The topological polar surface area (TPSA) is 88.5 Å². The number of carbonyl (C=O) groups excluding carboxylic acids is 1. The number of aryl methyl sites for hydroxylation is 2. The highest BCUT2D eigenvalue weighted by molar-refractivity contribution is 5.92. The first-order valence-electron chi connectivity index (χ1n) is 5.24. The van der Waals surface area contributed by atoms with E-state index < -0.39 is 0 Å². The van der Waals surface area contributed by atoms with Crippen molar-refractivity contribution in [3.05, 3.63) is 29.6 Å². The van der Waals surface area contributed by atoms with E-state index in [1.54, 1.807) is 17.8 Å². The molecule has 2 aromatic rings. The molecule has 0 saturated carbocycles. The number of hydrogen-bond acceptors (Lipinski definition) is 4. The van der Waals surface area contributed by atoms with E-state index in [9.17, 15) is 4.79 Å². The van der Waals surface area contributed by atoms with Gasteiger partial charge in [0.15, 0.2) is 0 Å². The fraction of sp³-hybridized carbons (Fsp3) is 0.400. The molecule has 0 aromatic carbocycles. The second-order valence-electron chi connectivity index (χ2n) is 3.86. The van der Waals surface area contributed by atoms with Crippen molar-refractivity contribution in [2.24, 2.45) is 7.05 Å². The zero-order valence-corrected chi connectivity index (χ0v) is 9.93. The standard InChI is InChI=1S/C10H14N6O/c1-6-4-8(16(3)15-6)10(17)13-7(2)9-11-5-12-14-9/h4-5,7H,1-3H3,(H,13,17)(H,11,12,14). The quantitative estimate of drug-likeness (QED) is 0.801. The summed E-state index contributed by atoms with van der Waals surface area (Å²) in [5, 5.41) is 13.4. The number of amides is 1. The lowest BCUT2D eigenvalue weighted by atomic mass is 10.3. The van der Waals surface area contributed by atoms with Crippen molar-refractivity contribution in [2.75, 3.05) is 0 Å². The van der Waals surface area contributed by atoms with E-state index in [2.05, 4.69) is 25.6 Å². The Bertz CT molecular complexity index is 515. The maximum absolute atomic E-state index is 12.0. The summed E-state index contributed by atoms with van der Waals surface area (Å²) in [6, 6.07) is 1.52. The van der Waals surface area contributed by atoms with Crippen LogP contribution in [0.4, 0.5) is 0 Å². The van der Waals surface area contributed by atoms with Gasteiger partial charge in [0.05, 0.1) is 11.7 Å². The van der Waals surface area contributed by atoms with Crippen LogP contribution in [0.15, 0.2) is 12.4 Å². The number of aromatic amines is 1. The molecule has 7 nitrogen and oxygen atoms in total. The first-order valence-corrected chi connectivity index (χ1v) is 5.24. The normalized spacial score (nSPS) is 12.4. The Hall–Kier alpha value is -2.18. The third-order valence-electron chi connectivity index (χ3n) is 2.43. The van der Waals surface area contributed by atoms with Crippen LogP contribution < -0.4 is 5.32 Å². The van der Waals surface area contributed by atoms with E-state index in [0.717, 1.165) is 5.69 Å². The predicted molar refractivity (Wildman–Crippen MR) is 60.2 cm³/mol. The van der Waals surface area contributed by atoms with Crippen LogP contribution in [0.25, 0.3) is 0 Å². The molecule has 1 unspecified atom stereocenters. The van der Waals surface area contributed by atoms with E-state index in [4.69, 9.17) is 0 Å².